The Bertz CT molecular complexity index is 554. The number of carbonyl (C=O) groups is 1. The van der Waals surface area contributed by atoms with E-state index in [1.807, 2.05) is 0 Å². The molecule has 0 aromatic heterocycles. The summed E-state index contributed by atoms with van der Waals surface area (Å²) in [7, 11) is -4.06. The molecule has 0 radical (unpaired) electrons. The maximum atomic E-state index is 12.9. The smallest absolute Gasteiger partial charge is 0.303 e. The van der Waals surface area contributed by atoms with Gasteiger partial charge in [-0.15, -0.1) is 0 Å². The number of carboxylic acids is 1. The van der Waals surface area contributed by atoms with E-state index < -0.39 is 38.4 Å². The monoisotopic (exact) mass is 293 g/mol. The first-order chi connectivity index (χ1) is 8.70. The molecule has 8 heteroatoms. The fourth-order valence-electron chi connectivity index (χ4n) is 1.39. The van der Waals surface area contributed by atoms with Gasteiger partial charge in [0, 0.05) is 19.0 Å². The number of nitrogens with one attached hydrogen (secondary N) is 1. The van der Waals surface area contributed by atoms with Crippen molar-refractivity contribution in [1.29, 1.82) is 0 Å². The predicted octanol–water partition coefficient (Wildman–Crippen LogP) is 1.35. The highest BCUT2D eigenvalue weighted by atomic mass is 32.2. The van der Waals surface area contributed by atoms with Gasteiger partial charge >= 0.3 is 5.97 Å². The molecule has 1 aromatic rings. The summed E-state index contributed by atoms with van der Waals surface area (Å²) in [6.07, 6.45) is -0.208. The fraction of sp³-hybridized carbons (Fsp3) is 0.364. The second-order valence-electron chi connectivity index (χ2n) is 4.16. The van der Waals surface area contributed by atoms with E-state index in [0.29, 0.717) is 18.2 Å². The number of rotatable bonds is 6. The van der Waals surface area contributed by atoms with Crippen molar-refractivity contribution in [2.75, 3.05) is 6.54 Å². The topological polar surface area (TPSA) is 83.5 Å². The Labute approximate surface area is 109 Å². The van der Waals surface area contributed by atoms with Crippen LogP contribution in [0.1, 0.15) is 13.3 Å². The number of aliphatic carboxylic acids is 1. The standard InChI is InChI=1S/C11H13F2NO4S/c1-7(2-11(15)16)6-14-19(17,18)10-4-8(12)3-9(13)5-10/h3-5,7,14H,2,6H2,1H3,(H,15,16). The van der Waals surface area contributed by atoms with Crippen LogP contribution in [-0.2, 0) is 14.8 Å². The molecule has 1 unspecified atom stereocenters. The summed E-state index contributed by atoms with van der Waals surface area (Å²) < 4.78 is 51.4. The summed E-state index contributed by atoms with van der Waals surface area (Å²) >= 11 is 0. The zero-order chi connectivity index (χ0) is 14.6. The lowest BCUT2D eigenvalue weighted by Crippen LogP contribution is -2.29. The number of benzene rings is 1. The lowest BCUT2D eigenvalue weighted by molar-refractivity contribution is -0.137. The van der Waals surface area contributed by atoms with Crippen LogP contribution in [0.15, 0.2) is 23.1 Å². The van der Waals surface area contributed by atoms with Crippen LogP contribution in [0.4, 0.5) is 8.78 Å². The Morgan fingerprint density at radius 2 is 1.84 bits per heavy atom. The van der Waals surface area contributed by atoms with Crippen LogP contribution in [0.5, 0.6) is 0 Å². The van der Waals surface area contributed by atoms with E-state index in [1.54, 1.807) is 6.92 Å². The third kappa shape index (κ3) is 4.92. The maximum Gasteiger partial charge on any atom is 0.303 e. The van der Waals surface area contributed by atoms with E-state index in [-0.39, 0.29) is 13.0 Å². The number of sulfonamides is 1. The first-order valence-electron chi connectivity index (χ1n) is 5.38. The van der Waals surface area contributed by atoms with Gasteiger partial charge in [0.1, 0.15) is 11.6 Å². The van der Waals surface area contributed by atoms with Crippen molar-refractivity contribution >= 4 is 16.0 Å². The van der Waals surface area contributed by atoms with Crippen LogP contribution in [0, 0.1) is 17.6 Å². The number of carboxylic acid groups (broad SMARTS) is 1. The average Bonchev–Trinajstić information content (AvgIpc) is 2.24. The minimum atomic E-state index is -4.06. The van der Waals surface area contributed by atoms with Crippen LogP contribution in [-0.4, -0.2) is 26.0 Å². The molecule has 2 N–H and O–H groups in total. The molecular weight excluding hydrogens is 280 g/mol. The molecule has 0 bridgehead atoms. The van der Waals surface area contributed by atoms with Gasteiger partial charge in [0.05, 0.1) is 4.90 Å². The molecule has 0 aliphatic heterocycles. The minimum Gasteiger partial charge on any atom is -0.481 e. The summed E-state index contributed by atoms with van der Waals surface area (Å²) in [6, 6.07) is 1.94. The first kappa shape index (κ1) is 15.5. The molecule has 0 aliphatic rings. The predicted molar refractivity (Wildman–Crippen MR) is 63.0 cm³/mol. The Hall–Kier alpha value is -1.54. The third-order valence-electron chi connectivity index (χ3n) is 2.29. The van der Waals surface area contributed by atoms with E-state index in [9.17, 15) is 22.0 Å². The van der Waals surface area contributed by atoms with Crippen molar-refractivity contribution < 1.29 is 27.1 Å². The highest BCUT2D eigenvalue weighted by Crippen LogP contribution is 2.14. The summed E-state index contributed by atoms with van der Waals surface area (Å²) in [5, 5.41) is 8.53. The van der Waals surface area contributed by atoms with Crippen LogP contribution >= 0.6 is 0 Å². The van der Waals surface area contributed by atoms with Crippen LogP contribution < -0.4 is 4.72 Å². The maximum absolute atomic E-state index is 12.9. The molecule has 5 nitrogen and oxygen atoms in total. The molecule has 0 fully saturated rings. The summed E-state index contributed by atoms with van der Waals surface area (Å²) in [6.45, 7) is 1.41. The molecule has 0 amide bonds. The minimum absolute atomic E-state index is 0.132. The normalized spacial score (nSPS) is 13.2. The number of halogens is 2. The lowest BCUT2D eigenvalue weighted by Gasteiger charge is -2.11. The second kappa shape index (κ2) is 6.07. The van der Waals surface area contributed by atoms with Gasteiger partial charge in [0.25, 0.3) is 0 Å². The van der Waals surface area contributed by atoms with E-state index in [1.165, 1.54) is 0 Å². The van der Waals surface area contributed by atoms with E-state index >= 15 is 0 Å². The van der Waals surface area contributed by atoms with Crippen LogP contribution in [0.25, 0.3) is 0 Å². The average molecular weight is 293 g/mol. The van der Waals surface area contributed by atoms with Crippen molar-refractivity contribution in [2.24, 2.45) is 5.92 Å². The highest BCUT2D eigenvalue weighted by Gasteiger charge is 2.18. The molecular formula is C11H13F2NO4S. The highest BCUT2D eigenvalue weighted by molar-refractivity contribution is 7.89. The molecule has 19 heavy (non-hydrogen) atoms. The molecule has 0 heterocycles. The van der Waals surface area contributed by atoms with Gasteiger partial charge in [0.2, 0.25) is 10.0 Å². The summed E-state index contributed by atoms with van der Waals surface area (Å²) in [4.78, 5) is 9.88. The van der Waals surface area contributed by atoms with Crippen molar-refractivity contribution in [1.82, 2.24) is 4.72 Å². The first-order valence-corrected chi connectivity index (χ1v) is 6.86. The van der Waals surface area contributed by atoms with Crippen molar-refractivity contribution in [3.05, 3.63) is 29.8 Å². The molecule has 0 spiro atoms. The fourth-order valence-corrected chi connectivity index (χ4v) is 2.60. The molecule has 1 aromatic carbocycles. The van der Waals surface area contributed by atoms with Gasteiger partial charge in [-0.1, -0.05) is 6.92 Å². The number of hydrogen-bond donors (Lipinski definition) is 2. The number of hydrogen-bond acceptors (Lipinski definition) is 3. The Morgan fingerprint density at radius 3 is 2.32 bits per heavy atom. The Morgan fingerprint density at radius 1 is 1.32 bits per heavy atom. The van der Waals surface area contributed by atoms with Gasteiger partial charge in [-0.3, -0.25) is 4.79 Å². The molecule has 1 atom stereocenters. The van der Waals surface area contributed by atoms with Crippen LogP contribution in [0.2, 0.25) is 0 Å². The zero-order valence-electron chi connectivity index (χ0n) is 10.1. The van der Waals surface area contributed by atoms with Gasteiger partial charge < -0.3 is 5.11 Å². The van der Waals surface area contributed by atoms with E-state index in [2.05, 4.69) is 4.72 Å². The van der Waals surface area contributed by atoms with Gasteiger partial charge in [-0.2, -0.15) is 0 Å². The Balaban J connectivity index is 2.78. The van der Waals surface area contributed by atoms with E-state index in [0.717, 1.165) is 0 Å². The van der Waals surface area contributed by atoms with Crippen LogP contribution in [0.3, 0.4) is 0 Å². The second-order valence-corrected chi connectivity index (χ2v) is 5.93. The lowest BCUT2D eigenvalue weighted by atomic mass is 10.1. The van der Waals surface area contributed by atoms with Gasteiger partial charge in [-0.05, 0) is 18.1 Å². The summed E-state index contributed by atoms with van der Waals surface area (Å²) in [5.74, 6) is -3.49. The largest absolute Gasteiger partial charge is 0.481 e. The van der Waals surface area contributed by atoms with Crippen molar-refractivity contribution in [3.8, 4) is 0 Å². The quantitative estimate of drug-likeness (QED) is 0.829. The molecule has 0 aliphatic carbocycles. The SMILES string of the molecule is CC(CNS(=O)(=O)c1cc(F)cc(F)c1)CC(=O)O. The molecule has 0 saturated carbocycles. The zero-order valence-corrected chi connectivity index (χ0v) is 10.9. The van der Waals surface area contributed by atoms with Gasteiger partial charge in [0.15, 0.2) is 0 Å². The van der Waals surface area contributed by atoms with Gasteiger partial charge in [-0.25, -0.2) is 21.9 Å². The third-order valence-corrected chi connectivity index (χ3v) is 3.69. The molecule has 1 rings (SSSR count). The van der Waals surface area contributed by atoms with Crippen molar-refractivity contribution in [3.63, 3.8) is 0 Å². The van der Waals surface area contributed by atoms with E-state index in [4.69, 9.17) is 5.11 Å². The summed E-state index contributed by atoms with van der Waals surface area (Å²) in [5.41, 5.74) is 0. The molecule has 106 valence electrons. The molecule has 0 saturated heterocycles. The van der Waals surface area contributed by atoms with Crippen molar-refractivity contribution in [2.45, 2.75) is 18.2 Å². The Kier molecular flexibility index (Phi) is 4.96.